The Morgan fingerprint density at radius 3 is 2.65 bits per heavy atom. The average molecular weight is 371 g/mol. The SMILES string of the molecule is CC1(C)CC(=O)C2=C(C1)Nc1c(C(N)=O)cnn1[C@H]2c1ccc(Cl)cc1. The minimum Gasteiger partial charge on any atom is -0.365 e. The van der Waals surface area contributed by atoms with Crippen LogP contribution in [0.15, 0.2) is 41.7 Å². The second-order valence-corrected chi connectivity index (χ2v) is 8.06. The topological polar surface area (TPSA) is 90.0 Å². The van der Waals surface area contributed by atoms with Crippen LogP contribution >= 0.6 is 11.6 Å². The van der Waals surface area contributed by atoms with Gasteiger partial charge in [0.15, 0.2) is 5.78 Å². The highest BCUT2D eigenvalue weighted by Crippen LogP contribution is 2.46. The molecule has 134 valence electrons. The molecule has 0 saturated carbocycles. The molecule has 3 N–H and O–H groups in total. The van der Waals surface area contributed by atoms with Gasteiger partial charge in [-0.1, -0.05) is 37.6 Å². The first-order valence-corrected chi connectivity index (χ1v) is 8.81. The molecule has 0 saturated heterocycles. The molecule has 1 aromatic carbocycles. The molecule has 2 aromatic rings. The first-order chi connectivity index (χ1) is 12.3. The number of nitrogens with two attached hydrogens (primary N) is 1. The molecule has 1 atom stereocenters. The molecule has 0 bridgehead atoms. The molecule has 2 aliphatic rings. The van der Waals surface area contributed by atoms with Crippen LogP contribution in [0, 0.1) is 5.41 Å². The predicted octanol–water partition coefficient (Wildman–Crippen LogP) is 3.29. The molecule has 0 unspecified atom stereocenters. The third-order valence-electron chi connectivity index (χ3n) is 4.95. The van der Waals surface area contributed by atoms with E-state index >= 15 is 0 Å². The Kier molecular flexibility index (Phi) is 3.70. The summed E-state index contributed by atoms with van der Waals surface area (Å²) in [7, 11) is 0. The summed E-state index contributed by atoms with van der Waals surface area (Å²) in [5.41, 5.74) is 8.08. The number of nitrogens with one attached hydrogen (secondary N) is 1. The lowest BCUT2D eigenvalue weighted by atomic mass is 9.73. The highest BCUT2D eigenvalue weighted by Gasteiger charge is 2.42. The number of benzene rings is 1. The van der Waals surface area contributed by atoms with E-state index < -0.39 is 11.9 Å². The zero-order valence-corrected chi connectivity index (χ0v) is 15.3. The fourth-order valence-electron chi connectivity index (χ4n) is 3.84. The minimum atomic E-state index is -0.556. The Balaban J connectivity index is 1.94. The monoisotopic (exact) mass is 370 g/mol. The maximum atomic E-state index is 13.0. The minimum absolute atomic E-state index is 0.0884. The third kappa shape index (κ3) is 2.61. The van der Waals surface area contributed by atoms with Gasteiger partial charge in [0.1, 0.15) is 17.4 Å². The van der Waals surface area contributed by atoms with Gasteiger partial charge in [-0.25, -0.2) is 4.68 Å². The van der Waals surface area contributed by atoms with E-state index in [1.165, 1.54) is 6.20 Å². The fraction of sp³-hybridized carbons (Fsp3) is 0.316. The Bertz CT molecular complexity index is 956. The van der Waals surface area contributed by atoms with Gasteiger partial charge in [-0.2, -0.15) is 5.10 Å². The molecule has 1 aliphatic carbocycles. The van der Waals surface area contributed by atoms with Crippen molar-refractivity contribution in [1.29, 1.82) is 0 Å². The van der Waals surface area contributed by atoms with Gasteiger partial charge < -0.3 is 11.1 Å². The van der Waals surface area contributed by atoms with Crippen LogP contribution in [0.5, 0.6) is 0 Å². The van der Waals surface area contributed by atoms with E-state index in [0.29, 0.717) is 34.8 Å². The zero-order chi connectivity index (χ0) is 18.6. The van der Waals surface area contributed by atoms with Crippen molar-refractivity contribution in [3.8, 4) is 0 Å². The summed E-state index contributed by atoms with van der Waals surface area (Å²) >= 11 is 6.03. The summed E-state index contributed by atoms with van der Waals surface area (Å²) in [6, 6.07) is 6.93. The molecule has 0 fully saturated rings. The van der Waals surface area contributed by atoms with Gasteiger partial charge in [0, 0.05) is 22.7 Å². The van der Waals surface area contributed by atoms with Crippen molar-refractivity contribution in [3.63, 3.8) is 0 Å². The smallest absolute Gasteiger partial charge is 0.254 e. The van der Waals surface area contributed by atoms with Gasteiger partial charge in [0.2, 0.25) is 0 Å². The molecular formula is C19H19ClN4O2. The Hall–Kier alpha value is -2.60. The number of primary amides is 1. The number of fused-ring (bicyclic) bond motifs is 1. The van der Waals surface area contributed by atoms with Crippen molar-refractivity contribution in [2.75, 3.05) is 5.32 Å². The number of nitrogens with zero attached hydrogens (tertiary/aromatic N) is 2. The van der Waals surface area contributed by atoms with Gasteiger partial charge in [-0.15, -0.1) is 0 Å². The Labute approximate surface area is 156 Å². The standard InChI is InChI=1S/C19H19ClN4O2/c1-19(2)7-13-15(14(25)8-19)16(10-3-5-11(20)6-4-10)24-18(23-13)12(9-22-24)17(21)26/h3-6,9,16,23H,7-8H2,1-2H3,(H2,21,26)/t16-/m0/s1. The maximum absolute atomic E-state index is 13.0. The first-order valence-electron chi connectivity index (χ1n) is 8.43. The number of amides is 1. The van der Waals surface area contributed by atoms with Gasteiger partial charge in [-0.3, -0.25) is 9.59 Å². The van der Waals surface area contributed by atoms with E-state index in [0.717, 1.165) is 11.3 Å². The molecule has 1 aliphatic heterocycles. The molecule has 1 aromatic heterocycles. The van der Waals surface area contributed by atoms with Crippen LogP contribution in [-0.4, -0.2) is 21.5 Å². The second-order valence-electron chi connectivity index (χ2n) is 7.63. The van der Waals surface area contributed by atoms with Crippen molar-refractivity contribution >= 4 is 29.1 Å². The lowest BCUT2D eigenvalue weighted by Crippen LogP contribution is -2.37. The molecule has 4 rings (SSSR count). The zero-order valence-electron chi connectivity index (χ0n) is 14.5. The van der Waals surface area contributed by atoms with E-state index in [4.69, 9.17) is 17.3 Å². The van der Waals surface area contributed by atoms with Gasteiger partial charge in [-0.05, 0) is 29.5 Å². The number of rotatable bonds is 2. The second kappa shape index (κ2) is 5.71. The van der Waals surface area contributed by atoms with E-state index in [1.54, 1.807) is 16.8 Å². The molecular weight excluding hydrogens is 352 g/mol. The van der Waals surface area contributed by atoms with Crippen LogP contribution in [0.4, 0.5) is 5.82 Å². The van der Waals surface area contributed by atoms with Crippen molar-refractivity contribution in [2.45, 2.75) is 32.7 Å². The molecule has 0 radical (unpaired) electrons. The number of Topliss-reactive ketones (excluding diaryl/α,β-unsaturated/α-hetero) is 1. The largest absolute Gasteiger partial charge is 0.365 e. The van der Waals surface area contributed by atoms with Crippen molar-refractivity contribution in [2.24, 2.45) is 11.1 Å². The number of halogens is 1. The highest BCUT2D eigenvalue weighted by atomic mass is 35.5. The normalized spacial score (nSPS) is 21.0. The van der Waals surface area contributed by atoms with E-state index in [-0.39, 0.29) is 11.2 Å². The Morgan fingerprint density at radius 2 is 2.00 bits per heavy atom. The van der Waals surface area contributed by atoms with Gasteiger partial charge >= 0.3 is 0 Å². The lowest BCUT2D eigenvalue weighted by molar-refractivity contribution is -0.118. The summed E-state index contributed by atoms with van der Waals surface area (Å²) in [5.74, 6) is 0.0613. The van der Waals surface area contributed by atoms with E-state index in [2.05, 4.69) is 24.3 Å². The summed E-state index contributed by atoms with van der Waals surface area (Å²) in [4.78, 5) is 24.8. The van der Waals surface area contributed by atoms with Crippen LogP contribution in [-0.2, 0) is 4.79 Å². The number of carbonyl (C=O) groups is 2. The summed E-state index contributed by atoms with van der Waals surface area (Å²) in [6.07, 6.45) is 2.63. The molecule has 6 nitrogen and oxygen atoms in total. The maximum Gasteiger partial charge on any atom is 0.254 e. The number of hydrogen-bond donors (Lipinski definition) is 2. The van der Waals surface area contributed by atoms with Crippen molar-refractivity contribution in [1.82, 2.24) is 9.78 Å². The average Bonchev–Trinajstić information content (AvgIpc) is 2.96. The first kappa shape index (κ1) is 16.8. The van der Waals surface area contributed by atoms with E-state index in [1.807, 2.05) is 12.1 Å². The number of ketones is 1. The van der Waals surface area contributed by atoms with Crippen LogP contribution in [0.25, 0.3) is 0 Å². The van der Waals surface area contributed by atoms with Crippen LogP contribution in [0.3, 0.4) is 0 Å². The number of aromatic nitrogens is 2. The third-order valence-corrected chi connectivity index (χ3v) is 5.21. The van der Waals surface area contributed by atoms with Crippen LogP contribution in [0.2, 0.25) is 5.02 Å². The summed E-state index contributed by atoms with van der Waals surface area (Å²) < 4.78 is 1.67. The number of hydrogen-bond acceptors (Lipinski definition) is 4. The highest BCUT2D eigenvalue weighted by molar-refractivity contribution is 6.30. The fourth-order valence-corrected chi connectivity index (χ4v) is 3.97. The molecule has 1 amide bonds. The Morgan fingerprint density at radius 1 is 1.31 bits per heavy atom. The number of carbonyl (C=O) groups excluding carboxylic acids is 2. The van der Waals surface area contributed by atoms with Crippen LogP contribution in [0.1, 0.15) is 48.7 Å². The predicted molar refractivity (Wildman–Crippen MR) is 99.0 cm³/mol. The lowest BCUT2D eigenvalue weighted by Gasteiger charge is -2.39. The molecule has 2 heterocycles. The molecule has 0 spiro atoms. The van der Waals surface area contributed by atoms with Gasteiger partial charge in [0.05, 0.1) is 6.20 Å². The summed E-state index contributed by atoms with van der Waals surface area (Å²) in [5, 5.41) is 8.23. The quantitative estimate of drug-likeness (QED) is 0.848. The van der Waals surface area contributed by atoms with Gasteiger partial charge in [0.25, 0.3) is 5.91 Å². The molecule has 7 heteroatoms. The van der Waals surface area contributed by atoms with E-state index in [9.17, 15) is 9.59 Å². The molecule has 26 heavy (non-hydrogen) atoms. The number of allylic oxidation sites excluding steroid dienone is 2. The van der Waals surface area contributed by atoms with Crippen molar-refractivity contribution < 1.29 is 9.59 Å². The number of anilines is 1. The van der Waals surface area contributed by atoms with Crippen LogP contribution < -0.4 is 11.1 Å². The summed E-state index contributed by atoms with van der Waals surface area (Å²) in [6.45, 7) is 4.13. The van der Waals surface area contributed by atoms with Crippen molar-refractivity contribution in [3.05, 3.63) is 57.9 Å².